The van der Waals surface area contributed by atoms with Gasteiger partial charge in [-0.15, -0.1) is 11.3 Å². The van der Waals surface area contributed by atoms with Crippen molar-refractivity contribution in [2.24, 2.45) is 0 Å². The molecule has 1 aliphatic heterocycles. The van der Waals surface area contributed by atoms with Gasteiger partial charge in [0.1, 0.15) is 5.69 Å². The first-order chi connectivity index (χ1) is 14.2. The van der Waals surface area contributed by atoms with Crippen molar-refractivity contribution in [1.82, 2.24) is 10.2 Å². The summed E-state index contributed by atoms with van der Waals surface area (Å²) in [7, 11) is 3.20. The number of anilines is 1. The predicted molar refractivity (Wildman–Crippen MR) is 112 cm³/mol. The number of thiophene rings is 1. The fourth-order valence-corrected chi connectivity index (χ4v) is 4.16. The molecule has 8 heteroatoms. The summed E-state index contributed by atoms with van der Waals surface area (Å²) >= 11 is 1.41. The number of ether oxygens (including phenoxy) is 3. The van der Waals surface area contributed by atoms with Gasteiger partial charge in [0, 0.05) is 24.7 Å². The van der Waals surface area contributed by atoms with Gasteiger partial charge in [-0.05, 0) is 42.5 Å². The lowest BCUT2D eigenvalue weighted by Crippen LogP contribution is -2.17. The van der Waals surface area contributed by atoms with Gasteiger partial charge in [-0.1, -0.05) is 6.07 Å². The van der Waals surface area contributed by atoms with Gasteiger partial charge in [0.15, 0.2) is 11.5 Å². The first-order valence-corrected chi connectivity index (χ1v) is 10.3. The van der Waals surface area contributed by atoms with Crippen molar-refractivity contribution in [3.63, 3.8) is 0 Å². The van der Waals surface area contributed by atoms with Crippen LogP contribution in [0.3, 0.4) is 0 Å². The summed E-state index contributed by atoms with van der Waals surface area (Å²) in [5.74, 6) is 1.36. The van der Waals surface area contributed by atoms with Gasteiger partial charge < -0.3 is 19.5 Å². The maximum Gasteiger partial charge on any atom is 0.265 e. The van der Waals surface area contributed by atoms with E-state index in [2.05, 4.69) is 15.5 Å². The number of aromatic amines is 1. The first-order valence-electron chi connectivity index (χ1n) is 9.44. The lowest BCUT2D eigenvalue weighted by molar-refractivity contribution is 0.0846. The molecule has 152 valence electrons. The molecule has 3 heterocycles. The predicted octanol–water partition coefficient (Wildman–Crippen LogP) is 4.30. The average Bonchev–Trinajstić information content (AvgIpc) is 3.44. The van der Waals surface area contributed by atoms with Crippen LogP contribution in [-0.4, -0.2) is 43.5 Å². The van der Waals surface area contributed by atoms with Crippen molar-refractivity contribution in [1.29, 1.82) is 0 Å². The molecule has 1 saturated heterocycles. The Morgan fingerprint density at radius 3 is 2.69 bits per heavy atom. The van der Waals surface area contributed by atoms with Crippen LogP contribution in [0, 0.1) is 0 Å². The number of nitrogens with zero attached hydrogens (tertiary/aromatic N) is 1. The Bertz CT molecular complexity index is 978. The Labute approximate surface area is 173 Å². The standard InChI is InChI=1S/C21H23N3O4S/c1-26-15-6-5-14(12-16(15)27-2)19-20(22-21(25)17-4-3-11-29-17)18(23-24-19)13-7-9-28-10-8-13/h3-6,11-13H,7-10H2,1-2H3,(H,22,25)(H,23,24). The van der Waals surface area contributed by atoms with Gasteiger partial charge >= 0.3 is 0 Å². The van der Waals surface area contributed by atoms with Crippen LogP contribution in [0.4, 0.5) is 5.69 Å². The number of hydrogen-bond acceptors (Lipinski definition) is 6. The lowest BCUT2D eigenvalue weighted by Gasteiger charge is -2.22. The molecule has 2 aromatic heterocycles. The van der Waals surface area contributed by atoms with Gasteiger partial charge in [-0.3, -0.25) is 9.89 Å². The minimum Gasteiger partial charge on any atom is -0.493 e. The zero-order valence-corrected chi connectivity index (χ0v) is 17.2. The van der Waals surface area contributed by atoms with E-state index >= 15 is 0 Å². The molecule has 0 aliphatic carbocycles. The monoisotopic (exact) mass is 413 g/mol. The maximum atomic E-state index is 12.8. The third-order valence-corrected chi connectivity index (χ3v) is 5.93. The molecule has 0 radical (unpaired) electrons. The number of carbonyl (C=O) groups excluding carboxylic acids is 1. The lowest BCUT2D eigenvalue weighted by atomic mass is 9.94. The van der Waals surface area contributed by atoms with E-state index < -0.39 is 0 Å². The molecule has 1 aromatic carbocycles. The fourth-order valence-electron chi connectivity index (χ4n) is 3.54. The molecule has 0 atom stereocenters. The normalized spacial score (nSPS) is 14.6. The van der Waals surface area contributed by atoms with E-state index in [4.69, 9.17) is 14.2 Å². The number of benzene rings is 1. The summed E-state index contributed by atoms with van der Waals surface area (Å²) in [6.45, 7) is 1.40. The summed E-state index contributed by atoms with van der Waals surface area (Å²) in [6, 6.07) is 9.28. The molecular formula is C21H23N3O4S. The van der Waals surface area contributed by atoms with Gasteiger partial charge in [-0.25, -0.2) is 0 Å². The second-order valence-corrected chi connectivity index (χ2v) is 7.70. The molecule has 1 aliphatic rings. The van der Waals surface area contributed by atoms with Crippen LogP contribution in [0.5, 0.6) is 11.5 Å². The first kappa shape index (κ1) is 19.5. The van der Waals surface area contributed by atoms with Gasteiger partial charge in [0.25, 0.3) is 5.91 Å². The molecule has 0 saturated carbocycles. The van der Waals surface area contributed by atoms with Crippen molar-refractivity contribution in [2.75, 3.05) is 32.8 Å². The fraction of sp³-hybridized carbons (Fsp3) is 0.333. The summed E-state index contributed by atoms with van der Waals surface area (Å²) in [5.41, 5.74) is 3.15. The molecule has 0 spiro atoms. The van der Waals surface area contributed by atoms with Crippen molar-refractivity contribution >= 4 is 22.9 Å². The van der Waals surface area contributed by atoms with Crippen molar-refractivity contribution < 1.29 is 19.0 Å². The second-order valence-electron chi connectivity index (χ2n) is 6.75. The Hall–Kier alpha value is -2.84. The van der Waals surface area contributed by atoms with Crippen molar-refractivity contribution in [2.45, 2.75) is 18.8 Å². The SMILES string of the molecule is COc1ccc(-c2n[nH]c(C3CCOCC3)c2NC(=O)c2cccs2)cc1OC. The Morgan fingerprint density at radius 2 is 2.00 bits per heavy atom. The minimum absolute atomic E-state index is 0.142. The van der Waals surface area contributed by atoms with Crippen molar-refractivity contribution in [3.8, 4) is 22.8 Å². The molecular weight excluding hydrogens is 390 g/mol. The van der Waals surface area contributed by atoms with E-state index in [0.717, 1.165) is 24.1 Å². The van der Waals surface area contributed by atoms with Crippen LogP contribution < -0.4 is 14.8 Å². The zero-order chi connectivity index (χ0) is 20.2. The van der Waals surface area contributed by atoms with E-state index in [0.29, 0.717) is 41.0 Å². The molecule has 1 amide bonds. The van der Waals surface area contributed by atoms with Gasteiger partial charge in [-0.2, -0.15) is 5.10 Å². The average molecular weight is 413 g/mol. The largest absolute Gasteiger partial charge is 0.493 e. The van der Waals surface area contributed by atoms with E-state index in [-0.39, 0.29) is 11.8 Å². The van der Waals surface area contributed by atoms with E-state index in [1.165, 1.54) is 11.3 Å². The molecule has 0 unspecified atom stereocenters. The van der Waals surface area contributed by atoms with E-state index in [1.54, 1.807) is 14.2 Å². The highest BCUT2D eigenvalue weighted by atomic mass is 32.1. The summed E-state index contributed by atoms with van der Waals surface area (Å²) in [6.07, 6.45) is 1.77. The summed E-state index contributed by atoms with van der Waals surface area (Å²) < 4.78 is 16.3. The molecule has 1 fully saturated rings. The Balaban J connectivity index is 1.75. The minimum atomic E-state index is -0.142. The van der Waals surface area contributed by atoms with E-state index in [9.17, 15) is 4.79 Å². The third kappa shape index (κ3) is 3.99. The Kier molecular flexibility index (Phi) is 5.82. The maximum absolute atomic E-state index is 12.8. The highest BCUT2D eigenvalue weighted by Gasteiger charge is 2.26. The molecule has 3 aromatic rings. The number of rotatable bonds is 6. The number of nitrogens with one attached hydrogen (secondary N) is 2. The van der Waals surface area contributed by atoms with Crippen LogP contribution in [0.1, 0.15) is 34.1 Å². The quantitative estimate of drug-likeness (QED) is 0.629. The highest BCUT2D eigenvalue weighted by Crippen LogP contribution is 2.39. The van der Waals surface area contributed by atoms with Crippen LogP contribution in [-0.2, 0) is 4.74 Å². The molecule has 7 nitrogen and oxygen atoms in total. The molecule has 29 heavy (non-hydrogen) atoms. The van der Waals surface area contributed by atoms with Crippen molar-refractivity contribution in [3.05, 3.63) is 46.3 Å². The number of aromatic nitrogens is 2. The molecule has 4 rings (SSSR count). The van der Waals surface area contributed by atoms with Crippen LogP contribution in [0.15, 0.2) is 35.7 Å². The smallest absolute Gasteiger partial charge is 0.265 e. The topological polar surface area (TPSA) is 85.5 Å². The van der Waals surface area contributed by atoms with Gasteiger partial charge in [0.05, 0.1) is 30.5 Å². The third-order valence-electron chi connectivity index (χ3n) is 5.06. The van der Waals surface area contributed by atoms with Crippen LogP contribution in [0.2, 0.25) is 0 Å². The summed E-state index contributed by atoms with van der Waals surface area (Å²) in [5, 5.41) is 12.7. The molecule has 2 N–H and O–H groups in total. The number of amides is 1. The Morgan fingerprint density at radius 1 is 1.21 bits per heavy atom. The number of H-pyrrole nitrogens is 1. The number of methoxy groups -OCH3 is 2. The second kappa shape index (κ2) is 8.67. The van der Waals surface area contributed by atoms with Crippen LogP contribution >= 0.6 is 11.3 Å². The highest BCUT2D eigenvalue weighted by molar-refractivity contribution is 7.12. The molecule has 0 bridgehead atoms. The number of carbonyl (C=O) groups is 1. The van der Waals surface area contributed by atoms with Crippen LogP contribution in [0.25, 0.3) is 11.3 Å². The van der Waals surface area contributed by atoms with E-state index in [1.807, 2.05) is 35.7 Å². The summed E-state index contributed by atoms with van der Waals surface area (Å²) in [4.78, 5) is 13.5. The zero-order valence-electron chi connectivity index (χ0n) is 16.4. The van der Waals surface area contributed by atoms with Gasteiger partial charge in [0.2, 0.25) is 0 Å². The number of hydrogen-bond donors (Lipinski definition) is 2.